The van der Waals surface area contributed by atoms with E-state index in [1.807, 2.05) is 4.90 Å². The number of hydrogen-bond donors (Lipinski definition) is 1. The van der Waals surface area contributed by atoms with Gasteiger partial charge in [-0.3, -0.25) is 0 Å². The van der Waals surface area contributed by atoms with Crippen molar-refractivity contribution in [2.24, 2.45) is 0 Å². The van der Waals surface area contributed by atoms with Crippen molar-refractivity contribution in [3.05, 3.63) is 28.8 Å². The minimum absolute atomic E-state index is 0.0387. The fourth-order valence-electron chi connectivity index (χ4n) is 2.51. The highest BCUT2D eigenvalue weighted by Gasteiger charge is 2.30. The smallest absolute Gasteiger partial charge is 0.213 e. The largest absolute Gasteiger partial charge is 0.366 e. The first-order chi connectivity index (χ1) is 9.46. The Morgan fingerprint density at radius 3 is 2.95 bits per heavy atom. The lowest BCUT2D eigenvalue weighted by Crippen LogP contribution is -2.38. The first-order valence-electron chi connectivity index (χ1n) is 6.34. The van der Waals surface area contributed by atoms with Crippen LogP contribution in [0.5, 0.6) is 0 Å². The maximum atomic E-state index is 11.7. The van der Waals surface area contributed by atoms with Crippen molar-refractivity contribution in [2.75, 3.05) is 24.2 Å². The number of halogens is 1. The first kappa shape index (κ1) is 15.1. The van der Waals surface area contributed by atoms with Crippen LogP contribution < -0.4 is 9.62 Å². The van der Waals surface area contributed by atoms with E-state index in [1.165, 1.54) is 7.05 Å². The van der Waals surface area contributed by atoms with Gasteiger partial charge in [0, 0.05) is 17.6 Å². The van der Waals surface area contributed by atoms with Crippen LogP contribution in [-0.4, -0.2) is 33.8 Å². The summed E-state index contributed by atoms with van der Waals surface area (Å²) in [7, 11) is -1.86. The van der Waals surface area contributed by atoms with Gasteiger partial charge in [-0.25, -0.2) is 13.1 Å². The van der Waals surface area contributed by atoms with Crippen molar-refractivity contribution in [2.45, 2.75) is 18.9 Å². The van der Waals surface area contributed by atoms with Gasteiger partial charge in [0.1, 0.15) is 6.07 Å². The molecule has 1 aliphatic heterocycles. The van der Waals surface area contributed by atoms with Crippen molar-refractivity contribution in [3.8, 4) is 6.07 Å². The van der Waals surface area contributed by atoms with Crippen LogP contribution in [0.25, 0.3) is 0 Å². The van der Waals surface area contributed by atoms with Crippen LogP contribution in [0.3, 0.4) is 0 Å². The molecule has 20 heavy (non-hydrogen) atoms. The van der Waals surface area contributed by atoms with Gasteiger partial charge in [0.15, 0.2) is 0 Å². The van der Waals surface area contributed by atoms with Gasteiger partial charge < -0.3 is 4.90 Å². The number of sulfonamides is 1. The summed E-state index contributed by atoms with van der Waals surface area (Å²) in [6.45, 7) is 0.750. The molecule has 5 nitrogen and oxygen atoms in total. The highest BCUT2D eigenvalue weighted by molar-refractivity contribution is 7.89. The average Bonchev–Trinajstić information content (AvgIpc) is 2.85. The van der Waals surface area contributed by atoms with Crippen LogP contribution in [-0.2, 0) is 10.0 Å². The zero-order valence-electron chi connectivity index (χ0n) is 11.1. The van der Waals surface area contributed by atoms with Gasteiger partial charge in [0.25, 0.3) is 0 Å². The molecular weight excluding hydrogens is 298 g/mol. The predicted molar refractivity (Wildman–Crippen MR) is 79.4 cm³/mol. The Morgan fingerprint density at radius 1 is 1.55 bits per heavy atom. The van der Waals surface area contributed by atoms with E-state index in [-0.39, 0.29) is 11.8 Å². The summed E-state index contributed by atoms with van der Waals surface area (Å²) in [6, 6.07) is 7.12. The molecule has 1 aromatic rings. The Hall–Kier alpha value is -1.29. The summed E-state index contributed by atoms with van der Waals surface area (Å²) in [5, 5.41) is 9.71. The molecule has 0 spiro atoms. The molecule has 1 fully saturated rings. The molecule has 7 heteroatoms. The van der Waals surface area contributed by atoms with Crippen molar-refractivity contribution in [3.63, 3.8) is 0 Å². The van der Waals surface area contributed by atoms with Crippen LogP contribution in [0.1, 0.15) is 18.4 Å². The van der Waals surface area contributed by atoms with E-state index >= 15 is 0 Å². The fourth-order valence-corrected chi connectivity index (χ4v) is 3.70. The van der Waals surface area contributed by atoms with Crippen LogP contribution in [0, 0.1) is 11.3 Å². The monoisotopic (exact) mass is 313 g/mol. The van der Waals surface area contributed by atoms with Crippen LogP contribution in [0.4, 0.5) is 5.69 Å². The van der Waals surface area contributed by atoms with E-state index in [2.05, 4.69) is 10.8 Å². The Morgan fingerprint density at radius 2 is 2.30 bits per heavy atom. The SMILES string of the molecule is CNS(=O)(=O)C[C@@H]1CCCN1c1ccc(Cl)cc1C#N. The van der Waals surface area contributed by atoms with Crippen LogP contribution >= 0.6 is 11.6 Å². The van der Waals surface area contributed by atoms with Crippen LogP contribution in [0.2, 0.25) is 5.02 Å². The minimum Gasteiger partial charge on any atom is -0.366 e. The summed E-state index contributed by atoms with van der Waals surface area (Å²) in [6.07, 6.45) is 1.71. The van der Waals surface area contributed by atoms with Gasteiger partial charge in [-0.15, -0.1) is 0 Å². The lowest BCUT2D eigenvalue weighted by Gasteiger charge is -2.27. The van der Waals surface area contributed by atoms with Gasteiger partial charge in [-0.2, -0.15) is 5.26 Å². The minimum atomic E-state index is -3.27. The maximum absolute atomic E-state index is 11.7. The number of hydrogen-bond acceptors (Lipinski definition) is 4. The Labute approximate surface area is 124 Å². The summed E-state index contributed by atoms with van der Waals surface area (Å²) >= 11 is 5.89. The highest BCUT2D eigenvalue weighted by Crippen LogP contribution is 2.30. The molecule has 0 radical (unpaired) electrons. The van der Waals surface area contributed by atoms with Gasteiger partial charge in [-0.1, -0.05) is 11.6 Å². The van der Waals surface area contributed by atoms with E-state index in [4.69, 9.17) is 11.6 Å². The zero-order chi connectivity index (χ0) is 14.8. The standard InChI is InChI=1S/C13H16ClN3O2S/c1-16-20(18,19)9-12-3-2-6-17(12)13-5-4-11(14)7-10(13)8-15/h4-5,7,12,16H,2-3,6,9H2,1H3/t12-/m0/s1. The van der Waals surface area contributed by atoms with Gasteiger partial charge in [0.05, 0.1) is 17.0 Å². The molecule has 1 saturated heterocycles. The van der Waals surface area contributed by atoms with E-state index in [0.717, 1.165) is 25.1 Å². The normalized spacial score (nSPS) is 19.1. The van der Waals surface area contributed by atoms with E-state index in [9.17, 15) is 13.7 Å². The molecule has 108 valence electrons. The topological polar surface area (TPSA) is 73.2 Å². The second-order valence-electron chi connectivity index (χ2n) is 4.75. The summed E-state index contributed by atoms with van der Waals surface area (Å²) in [4.78, 5) is 1.99. The maximum Gasteiger partial charge on any atom is 0.213 e. The van der Waals surface area contributed by atoms with Crippen molar-refractivity contribution in [1.82, 2.24) is 4.72 Å². The highest BCUT2D eigenvalue weighted by atomic mass is 35.5. The van der Waals surface area contributed by atoms with E-state index in [0.29, 0.717) is 10.6 Å². The summed E-state index contributed by atoms with van der Waals surface area (Å²) in [5.74, 6) is 0.0387. The van der Waals surface area contributed by atoms with Crippen molar-refractivity contribution < 1.29 is 8.42 Å². The molecule has 1 atom stereocenters. The predicted octanol–water partition coefficient (Wildman–Crippen LogP) is 1.73. The number of nitriles is 1. The van der Waals surface area contributed by atoms with E-state index in [1.54, 1.807) is 18.2 Å². The van der Waals surface area contributed by atoms with Gasteiger partial charge in [0.2, 0.25) is 10.0 Å². The van der Waals surface area contributed by atoms with Crippen molar-refractivity contribution in [1.29, 1.82) is 5.26 Å². The molecule has 0 amide bonds. The second kappa shape index (κ2) is 6.00. The fraction of sp³-hybridized carbons (Fsp3) is 0.462. The van der Waals surface area contributed by atoms with Gasteiger partial charge in [-0.05, 0) is 38.1 Å². The third-order valence-corrected chi connectivity index (χ3v) is 5.17. The zero-order valence-corrected chi connectivity index (χ0v) is 12.7. The molecule has 1 aromatic carbocycles. The molecule has 0 aromatic heterocycles. The molecule has 0 saturated carbocycles. The Kier molecular flexibility index (Phi) is 4.53. The third-order valence-electron chi connectivity index (χ3n) is 3.49. The number of rotatable bonds is 4. The summed E-state index contributed by atoms with van der Waals surface area (Å²) in [5.41, 5.74) is 1.23. The second-order valence-corrected chi connectivity index (χ2v) is 7.16. The Balaban J connectivity index is 2.30. The molecule has 0 unspecified atom stereocenters. The van der Waals surface area contributed by atoms with Crippen molar-refractivity contribution >= 4 is 27.3 Å². The summed E-state index contributed by atoms with van der Waals surface area (Å²) < 4.78 is 25.8. The number of benzene rings is 1. The number of nitrogens with zero attached hydrogens (tertiary/aromatic N) is 2. The first-order valence-corrected chi connectivity index (χ1v) is 8.37. The van der Waals surface area contributed by atoms with Crippen LogP contribution in [0.15, 0.2) is 18.2 Å². The molecular formula is C13H16ClN3O2S. The third kappa shape index (κ3) is 3.23. The molecule has 2 rings (SSSR count). The number of anilines is 1. The lowest BCUT2D eigenvalue weighted by molar-refractivity contribution is 0.577. The molecule has 1 heterocycles. The molecule has 0 aliphatic carbocycles. The number of nitrogens with one attached hydrogen (secondary N) is 1. The average molecular weight is 314 g/mol. The Bertz CT molecular complexity index is 640. The molecule has 1 aliphatic rings. The molecule has 1 N–H and O–H groups in total. The lowest BCUT2D eigenvalue weighted by atomic mass is 10.1. The quantitative estimate of drug-likeness (QED) is 0.918. The van der Waals surface area contributed by atoms with E-state index < -0.39 is 10.0 Å². The molecule has 0 bridgehead atoms. The van der Waals surface area contributed by atoms with Gasteiger partial charge >= 0.3 is 0 Å².